The molecule has 2 fully saturated rings. The molecule has 0 spiro atoms. The number of benzene rings is 4. The van der Waals surface area contributed by atoms with Crippen LogP contribution in [0.3, 0.4) is 0 Å². The lowest BCUT2D eigenvalue weighted by Crippen LogP contribution is -2.58. The summed E-state index contributed by atoms with van der Waals surface area (Å²) < 4.78 is 19.7. The molecule has 422 valence electrons. The lowest BCUT2D eigenvalue weighted by Gasteiger charge is -2.36. The number of amides is 6. The van der Waals surface area contributed by atoms with Gasteiger partial charge in [-0.25, -0.2) is 4.98 Å². The number of carbonyl (C=O) groups is 6. The first kappa shape index (κ1) is 59.8. The van der Waals surface area contributed by atoms with Gasteiger partial charge in [0, 0.05) is 100 Å². The number of methoxy groups -OCH3 is 1. The Balaban J connectivity index is 1.31. The summed E-state index contributed by atoms with van der Waals surface area (Å²) in [6.45, 7) is 3.44. The van der Waals surface area contributed by atoms with Gasteiger partial charge in [-0.05, 0) is 99.9 Å². The molecule has 5 aromatic rings. The molecule has 7 rings (SSSR count). The number of aromatic nitrogens is 2. The van der Waals surface area contributed by atoms with Gasteiger partial charge in [0.25, 0.3) is 0 Å². The summed E-state index contributed by atoms with van der Waals surface area (Å²) in [6.07, 6.45) is 1.45. The minimum atomic E-state index is -1.40. The van der Waals surface area contributed by atoms with Crippen LogP contribution in [0.1, 0.15) is 55.1 Å². The average Bonchev–Trinajstić information content (AvgIpc) is 3.81. The molecule has 0 radical (unpaired) electrons. The number of rotatable bonds is 16. The van der Waals surface area contributed by atoms with E-state index < -0.39 is 47.8 Å². The fourth-order valence-corrected chi connectivity index (χ4v) is 10.2. The van der Waals surface area contributed by atoms with Gasteiger partial charge in [0.1, 0.15) is 29.4 Å². The summed E-state index contributed by atoms with van der Waals surface area (Å²) in [5, 5.41) is 6.75. The van der Waals surface area contributed by atoms with Crippen molar-refractivity contribution in [3.8, 4) is 22.8 Å². The first-order valence-corrected chi connectivity index (χ1v) is 27.4. The maximum atomic E-state index is 15.7. The van der Waals surface area contributed by atoms with Gasteiger partial charge >= 0.3 is 0 Å². The highest BCUT2D eigenvalue weighted by molar-refractivity contribution is 6.31. The van der Waals surface area contributed by atoms with Gasteiger partial charge in [-0.3, -0.25) is 28.8 Å². The van der Waals surface area contributed by atoms with Crippen LogP contribution in [0.5, 0.6) is 11.5 Å². The molecular formula is C59H73Cl2N9O9. The maximum absolute atomic E-state index is 15.7. The molecule has 2 aliphatic heterocycles. The minimum absolute atomic E-state index is 0.0786. The number of morpholine rings is 1. The Morgan fingerprint density at radius 1 is 0.823 bits per heavy atom. The second kappa shape index (κ2) is 28.4. The highest BCUT2D eigenvalue weighted by Gasteiger charge is 2.39. The molecule has 2 aliphatic rings. The Hall–Kier alpha value is -6.83. The summed E-state index contributed by atoms with van der Waals surface area (Å²) >= 11 is 12.9. The van der Waals surface area contributed by atoms with Gasteiger partial charge in [0.05, 0.1) is 50.7 Å². The smallest absolute Gasteiger partial charge is 0.247 e. The van der Waals surface area contributed by atoms with Crippen LogP contribution in [0.2, 0.25) is 10.0 Å². The topological polar surface area (TPSA) is 188 Å². The van der Waals surface area contributed by atoms with Crippen molar-refractivity contribution in [2.45, 2.75) is 82.7 Å². The van der Waals surface area contributed by atoms with Crippen LogP contribution >= 0.6 is 23.2 Å². The third kappa shape index (κ3) is 16.4. The van der Waals surface area contributed by atoms with Gasteiger partial charge in [-0.15, -0.1) is 0 Å². The molecule has 3 heterocycles. The Labute approximate surface area is 473 Å². The number of hydrogen-bond donors (Lipinski definition) is 2. The van der Waals surface area contributed by atoms with Crippen LogP contribution in [-0.2, 0) is 71.2 Å². The van der Waals surface area contributed by atoms with E-state index in [1.54, 1.807) is 49.3 Å². The number of carbonyl (C=O) groups excluding carboxylic acids is 6. The van der Waals surface area contributed by atoms with E-state index in [0.717, 1.165) is 28.2 Å². The Kier molecular flexibility index (Phi) is 21.5. The zero-order valence-corrected chi connectivity index (χ0v) is 47.7. The van der Waals surface area contributed by atoms with Crippen molar-refractivity contribution < 1.29 is 43.0 Å². The number of nitrogens with zero attached hydrogens (tertiary/aromatic N) is 7. The second-order valence-electron chi connectivity index (χ2n) is 20.7. The van der Waals surface area contributed by atoms with Crippen LogP contribution < -0.4 is 15.4 Å². The Morgan fingerprint density at radius 3 is 2.19 bits per heavy atom. The van der Waals surface area contributed by atoms with Crippen molar-refractivity contribution in [1.82, 2.24) is 44.7 Å². The lowest BCUT2D eigenvalue weighted by molar-refractivity contribution is -0.148. The Morgan fingerprint density at radius 2 is 1.51 bits per heavy atom. The average molecular weight is 1120 g/mol. The Bertz CT molecular complexity index is 2880. The van der Waals surface area contributed by atoms with E-state index in [1.165, 1.54) is 21.8 Å². The van der Waals surface area contributed by atoms with Crippen LogP contribution in [0.4, 0.5) is 0 Å². The molecule has 2 saturated heterocycles. The number of ether oxygens (including phenoxy) is 3. The van der Waals surface area contributed by atoms with Crippen LogP contribution in [0.15, 0.2) is 103 Å². The SMILES string of the molecule is COC[C@@H]1NC(=O)[C@H](CCC(=O)N2CCOCC2)N(Cc2ccc(Cl)cc2Oc2ccc(-c3cnc(CN(C)C)n3C)cc2)C(=O)C[C@@H](Cc2ccccc2)C(=O)N(C)[C@@H](C)CNC(=O)C[C@H](Cc2ccc(Cl)cc2)N(C)C1=O. The summed E-state index contributed by atoms with van der Waals surface area (Å²) in [5.41, 5.74) is 3.89. The molecule has 0 aliphatic carbocycles. The zero-order chi connectivity index (χ0) is 56.8. The molecular weight excluding hydrogens is 1050 g/mol. The predicted octanol–water partition coefficient (Wildman–Crippen LogP) is 6.40. The van der Waals surface area contributed by atoms with Crippen molar-refractivity contribution in [2.75, 3.05) is 74.8 Å². The molecule has 0 bridgehead atoms. The van der Waals surface area contributed by atoms with E-state index in [0.29, 0.717) is 54.2 Å². The first-order valence-electron chi connectivity index (χ1n) is 26.6. The van der Waals surface area contributed by atoms with E-state index in [4.69, 9.17) is 37.4 Å². The van der Waals surface area contributed by atoms with Crippen LogP contribution in [0, 0.1) is 5.92 Å². The van der Waals surface area contributed by atoms with Crippen LogP contribution in [-0.4, -0.2) is 168 Å². The maximum Gasteiger partial charge on any atom is 0.247 e. The van der Waals surface area contributed by atoms with Crippen molar-refractivity contribution >= 4 is 58.6 Å². The number of halogens is 2. The van der Waals surface area contributed by atoms with Gasteiger partial charge in [0.15, 0.2) is 0 Å². The van der Waals surface area contributed by atoms with E-state index >= 15 is 9.59 Å². The lowest BCUT2D eigenvalue weighted by atomic mass is 9.92. The van der Waals surface area contributed by atoms with E-state index in [1.807, 2.05) is 110 Å². The summed E-state index contributed by atoms with van der Waals surface area (Å²) in [5.74, 6) is -2.13. The molecule has 1 aromatic heterocycles. The zero-order valence-electron chi connectivity index (χ0n) is 46.2. The predicted molar refractivity (Wildman–Crippen MR) is 302 cm³/mol. The van der Waals surface area contributed by atoms with Gasteiger partial charge in [-0.2, -0.15) is 0 Å². The van der Waals surface area contributed by atoms with Gasteiger partial charge < -0.3 is 53.9 Å². The van der Waals surface area contributed by atoms with Crippen molar-refractivity contribution in [1.29, 1.82) is 0 Å². The molecule has 4 aromatic carbocycles. The monoisotopic (exact) mass is 1120 g/mol. The van der Waals surface area contributed by atoms with Crippen molar-refractivity contribution in [2.24, 2.45) is 13.0 Å². The third-order valence-corrected chi connectivity index (χ3v) is 15.1. The largest absolute Gasteiger partial charge is 0.457 e. The van der Waals surface area contributed by atoms with Gasteiger partial charge in [-0.1, -0.05) is 71.7 Å². The molecule has 20 heteroatoms. The molecule has 2 N–H and O–H groups in total. The second-order valence-corrected chi connectivity index (χ2v) is 21.5. The highest BCUT2D eigenvalue weighted by atomic mass is 35.5. The molecule has 6 amide bonds. The van der Waals surface area contributed by atoms with Crippen molar-refractivity contribution in [3.63, 3.8) is 0 Å². The molecule has 79 heavy (non-hydrogen) atoms. The van der Waals surface area contributed by atoms with Crippen LogP contribution in [0.25, 0.3) is 11.3 Å². The summed E-state index contributed by atoms with van der Waals surface area (Å²) in [6, 6.07) is 25.0. The van der Waals surface area contributed by atoms with E-state index in [-0.39, 0.29) is 81.7 Å². The fraction of sp³-hybridized carbons (Fsp3) is 0.441. The molecule has 0 saturated carbocycles. The normalized spacial score (nSPS) is 20.5. The fourth-order valence-electron chi connectivity index (χ4n) is 9.87. The number of nitrogens with one attached hydrogen (secondary N) is 2. The van der Waals surface area contributed by atoms with Crippen molar-refractivity contribution in [3.05, 3.63) is 136 Å². The summed E-state index contributed by atoms with van der Waals surface area (Å²) in [7, 11) is 10.5. The minimum Gasteiger partial charge on any atom is -0.457 e. The highest BCUT2D eigenvalue weighted by Crippen LogP contribution is 2.33. The molecule has 5 atom stereocenters. The summed E-state index contributed by atoms with van der Waals surface area (Å²) in [4.78, 5) is 101. The van der Waals surface area contributed by atoms with E-state index in [9.17, 15) is 19.2 Å². The number of hydrogen-bond acceptors (Lipinski definition) is 11. The first-order chi connectivity index (χ1) is 37.9. The third-order valence-electron chi connectivity index (χ3n) is 14.6. The van der Waals surface area contributed by atoms with E-state index in [2.05, 4.69) is 15.6 Å². The molecule has 18 nitrogen and oxygen atoms in total. The van der Waals surface area contributed by atoms with Gasteiger partial charge in [0.2, 0.25) is 35.4 Å². The standard InChI is InChI=1S/C59H73Cl2N9O9/c1-39-34-63-54(71)33-47(30-41-13-18-45(60)19-14-41)67(5)59(76)49(38-77-7)64-57(74)50(23-24-55(72)69-25-27-78-28-26-69)70(56(73)31-44(58(75)66(39)4)29-40-11-9-8-10-12-40)36-43-15-20-46(61)32-52(43)79-48-21-16-42(17-22-48)51-35-62-53(68(51)6)37-65(2)3/h8-22,32,35,39,44,47,49-50H,23-31,33-34,36-38H2,1-7H3,(H,63,71)(H,64,74)/t39-,44+,47-,49-,50-/m0/s1. The molecule has 0 unspecified atom stereocenters. The number of imidazole rings is 1. The number of likely N-dealkylation sites (N-methyl/N-ethyl adjacent to an activating group) is 2. The quantitative estimate of drug-likeness (QED) is 0.111.